The smallest absolute Gasteiger partial charge is 0.257 e. The van der Waals surface area contributed by atoms with E-state index < -0.39 is 11.7 Å². The van der Waals surface area contributed by atoms with E-state index in [0.717, 1.165) is 33.4 Å². The number of anilines is 1. The van der Waals surface area contributed by atoms with Gasteiger partial charge in [0.15, 0.2) is 0 Å². The van der Waals surface area contributed by atoms with Crippen LogP contribution >= 0.6 is 27.5 Å². The number of halogens is 5. The minimum Gasteiger partial charge on any atom is -0.257 e. The number of hydrogen-bond acceptors (Lipinski definition) is 2. The number of hydrogen-bond donors (Lipinski definition) is 0. The fourth-order valence-corrected chi connectivity index (χ4v) is 3.90. The minimum atomic E-state index is -4.42. The Kier molecular flexibility index (Phi) is 5.40. The Labute approximate surface area is 179 Å². The molecule has 0 spiro atoms. The lowest BCUT2D eigenvalue weighted by atomic mass is 9.98. The summed E-state index contributed by atoms with van der Waals surface area (Å²) in [5.41, 5.74) is 2.19. The van der Waals surface area contributed by atoms with Crippen LogP contribution in [0.4, 0.5) is 18.9 Å². The van der Waals surface area contributed by atoms with Crippen LogP contribution in [0, 0.1) is 0 Å². The fourth-order valence-electron chi connectivity index (χ4n) is 3.38. The molecule has 0 amide bonds. The van der Waals surface area contributed by atoms with Crippen LogP contribution < -0.4 is 5.01 Å². The van der Waals surface area contributed by atoms with Crippen molar-refractivity contribution < 1.29 is 13.2 Å². The first-order valence-corrected chi connectivity index (χ1v) is 10.0. The predicted octanol–water partition coefficient (Wildman–Crippen LogP) is 7.48. The molecule has 3 aromatic carbocycles. The van der Waals surface area contributed by atoms with Gasteiger partial charge in [0.2, 0.25) is 0 Å². The Hall–Kier alpha value is -2.31. The molecule has 0 fully saturated rings. The van der Waals surface area contributed by atoms with Crippen molar-refractivity contribution in [3.63, 3.8) is 0 Å². The third-order valence-corrected chi connectivity index (χ3v) is 5.66. The van der Waals surface area contributed by atoms with Gasteiger partial charge in [0.25, 0.3) is 0 Å². The van der Waals surface area contributed by atoms with Crippen LogP contribution in [-0.4, -0.2) is 5.71 Å². The zero-order chi connectivity index (χ0) is 20.6. The molecular weight excluding hydrogens is 465 g/mol. The molecular formula is C22H15BrClF3N2. The molecule has 0 unspecified atom stereocenters. The van der Waals surface area contributed by atoms with Crippen LogP contribution in [-0.2, 0) is 6.18 Å². The van der Waals surface area contributed by atoms with E-state index >= 15 is 0 Å². The Morgan fingerprint density at radius 3 is 2.38 bits per heavy atom. The van der Waals surface area contributed by atoms with E-state index in [-0.39, 0.29) is 6.04 Å². The normalized spacial score (nSPS) is 16.8. The first-order valence-electron chi connectivity index (χ1n) is 8.87. The summed E-state index contributed by atoms with van der Waals surface area (Å²) in [5, 5.41) is 6.88. The minimum absolute atomic E-state index is 0.300. The van der Waals surface area contributed by atoms with Crippen molar-refractivity contribution in [2.45, 2.75) is 18.6 Å². The van der Waals surface area contributed by atoms with Gasteiger partial charge in [-0.25, -0.2) is 0 Å². The first-order chi connectivity index (χ1) is 13.8. The average Bonchev–Trinajstić information content (AvgIpc) is 3.13. The van der Waals surface area contributed by atoms with E-state index in [0.29, 0.717) is 17.1 Å². The molecule has 0 saturated carbocycles. The maximum atomic E-state index is 13.2. The molecule has 7 heteroatoms. The zero-order valence-electron chi connectivity index (χ0n) is 15.0. The van der Waals surface area contributed by atoms with Crippen molar-refractivity contribution in [1.29, 1.82) is 0 Å². The largest absolute Gasteiger partial charge is 0.416 e. The topological polar surface area (TPSA) is 15.6 Å². The van der Waals surface area contributed by atoms with E-state index in [4.69, 9.17) is 11.6 Å². The van der Waals surface area contributed by atoms with Crippen LogP contribution in [0.15, 0.2) is 82.4 Å². The molecule has 1 aliphatic heterocycles. The van der Waals surface area contributed by atoms with E-state index in [1.165, 1.54) is 6.07 Å². The van der Waals surface area contributed by atoms with Crippen molar-refractivity contribution in [3.8, 4) is 0 Å². The molecule has 0 bridgehead atoms. The van der Waals surface area contributed by atoms with Gasteiger partial charge in [-0.3, -0.25) is 5.01 Å². The van der Waals surface area contributed by atoms with E-state index in [1.54, 1.807) is 17.1 Å². The van der Waals surface area contributed by atoms with Crippen molar-refractivity contribution in [2.75, 3.05) is 5.01 Å². The second-order valence-electron chi connectivity index (χ2n) is 6.69. The highest BCUT2D eigenvalue weighted by Crippen LogP contribution is 2.41. The summed E-state index contributed by atoms with van der Waals surface area (Å²) in [4.78, 5) is 0. The molecule has 3 aromatic rings. The first kappa shape index (κ1) is 20.0. The van der Waals surface area contributed by atoms with Crippen LogP contribution in [0.2, 0.25) is 5.02 Å². The van der Waals surface area contributed by atoms with Gasteiger partial charge in [-0.1, -0.05) is 63.9 Å². The summed E-state index contributed by atoms with van der Waals surface area (Å²) in [6, 6.07) is 19.9. The maximum absolute atomic E-state index is 13.2. The molecule has 0 aromatic heterocycles. The number of nitrogens with zero attached hydrogens (tertiary/aromatic N) is 2. The summed E-state index contributed by atoms with van der Waals surface area (Å²) < 4.78 is 40.7. The fraction of sp³-hybridized carbons (Fsp3) is 0.136. The number of rotatable bonds is 3. The van der Waals surface area contributed by atoms with Gasteiger partial charge in [0.1, 0.15) is 0 Å². The molecule has 29 heavy (non-hydrogen) atoms. The molecule has 2 nitrogen and oxygen atoms in total. The summed E-state index contributed by atoms with van der Waals surface area (Å²) >= 11 is 9.82. The summed E-state index contributed by atoms with van der Waals surface area (Å²) in [6.07, 6.45) is -3.89. The lowest BCUT2D eigenvalue weighted by molar-refractivity contribution is -0.137. The molecule has 1 aliphatic rings. The quantitative estimate of drug-likeness (QED) is 0.380. The lowest BCUT2D eigenvalue weighted by Crippen LogP contribution is -2.19. The molecule has 0 radical (unpaired) electrons. The third kappa shape index (κ3) is 4.19. The second-order valence-corrected chi connectivity index (χ2v) is 8.01. The molecule has 0 saturated heterocycles. The Morgan fingerprint density at radius 2 is 1.69 bits per heavy atom. The summed E-state index contributed by atoms with van der Waals surface area (Å²) in [5.74, 6) is 0. The van der Waals surface area contributed by atoms with Gasteiger partial charge in [0.05, 0.1) is 23.0 Å². The number of alkyl halides is 3. The Morgan fingerprint density at radius 1 is 0.966 bits per heavy atom. The van der Waals surface area contributed by atoms with E-state index in [2.05, 4.69) is 21.0 Å². The predicted molar refractivity (Wildman–Crippen MR) is 113 cm³/mol. The third-order valence-electron chi connectivity index (χ3n) is 4.79. The Bertz CT molecular complexity index is 1060. The summed E-state index contributed by atoms with van der Waals surface area (Å²) in [6.45, 7) is 0. The molecule has 1 atom stereocenters. The van der Waals surface area contributed by atoms with Gasteiger partial charge in [-0.2, -0.15) is 18.3 Å². The van der Waals surface area contributed by atoms with Crippen molar-refractivity contribution in [1.82, 2.24) is 0 Å². The SMILES string of the molecule is FC(F)(F)c1cccc(N2N=C(c3ccc(Br)cc3)C[C@H]2c2ccccc2Cl)c1. The molecule has 148 valence electrons. The van der Waals surface area contributed by atoms with E-state index in [1.807, 2.05) is 42.5 Å². The van der Waals surface area contributed by atoms with Gasteiger partial charge in [-0.15, -0.1) is 0 Å². The van der Waals surface area contributed by atoms with Crippen molar-refractivity contribution >= 4 is 38.9 Å². The monoisotopic (exact) mass is 478 g/mol. The highest BCUT2D eigenvalue weighted by molar-refractivity contribution is 9.10. The number of hydrazone groups is 1. The van der Waals surface area contributed by atoms with Crippen LogP contribution in [0.1, 0.15) is 29.2 Å². The van der Waals surface area contributed by atoms with Crippen LogP contribution in [0.3, 0.4) is 0 Å². The number of benzene rings is 3. The second kappa shape index (κ2) is 7.84. The molecule has 4 rings (SSSR count). The highest BCUT2D eigenvalue weighted by atomic mass is 79.9. The van der Waals surface area contributed by atoms with Gasteiger partial charge in [0, 0.05) is 15.9 Å². The standard InChI is InChI=1S/C22H15BrClF3N2/c23-16-10-8-14(9-11-16)20-13-21(18-6-1-2-7-19(18)24)29(28-20)17-5-3-4-15(12-17)22(25,26)27/h1-12,21H,13H2/t21-/m0/s1. The Balaban J connectivity index is 1.80. The zero-order valence-corrected chi connectivity index (χ0v) is 17.3. The van der Waals surface area contributed by atoms with Crippen molar-refractivity contribution in [2.24, 2.45) is 5.10 Å². The van der Waals surface area contributed by atoms with Gasteiger partial charge >= 0.3 is 6.18 Å². The highest BCUT2D eigenvalue weighted by Gasteiger charge is 2.34. The maximum Gasteiger partial charge on any atom is 0.416 e. The van der Waals surface area contributed by atoms with Crippen molar-refractivity contribution in [3.05, 3.63) is 99.0 Å². The van der Waals surface area contributed by atoms with Crippen LogP contribution in [0.25, 0.3) is 0 Å². The summed E-state index contributed by atoms with van der Waals surface area (Å²) in [7, 11) is 0. The van der Waals surface area contributed by atoms with E-state index in [9.17, 15) is 13.2 Å². The lowest BCUT2D eigenvalue weighted by Gasteiger charge is -2.25. The molecule has 0 aliphatic carbocycles. The molecule has 0 N–H and O–H groups in total. The van der Waals surface area contributed by atoms with Gasteiger partial charge < -0.3 is 0 Å². The van der Waals surface area contributed by atoms with Crippen LogP contribution in [0.5, 0.6) is 0 Å². The van der Waals surface area contributed by atoms with Gasteiger partial charge in [-0.05, 0) is 47.5 Å². The molecule has 1 heterocycles. The average molecular weight is 480 g/mol.